The van der Waals surface area contributed by atoms with E-state index in [-0.39, 0.29) is 6.04 Å². The molecule has 0 N–H and O–H groups in total. The average Bonchev–Trinajstić information content (AvgIpc) is 3.08. The van der Waals surface area contributed by atoms with E-state index >= 15 is 0 Å². The number of nitrogens with zero attached hydrogens (tertiary/aromatic N) is 2. The summed E-state index contributed by atoms with van der Waals surface area (Å²) in [5.41, 5.74) is 0.941. The van der Waals surface area contributed by atoms with Crippen LogP contribution in [0.4, 0.5) is 0 Å². The van der Waals surface area contributed by atoms with E-state index in [1.54, 1.807) is 28.8 Å². The van der Waals surface area contributed by atoms with E-state index in [4.69, 9.17) is 11.6 Å². The highest BCUT2D eigenvalue weighted by Gasteiger charge is 2.36. The maximum absolute atomic E-state index is 12.7. The first kappa shape index (κ1) is 14.0. The van der Waals surface area contributed by atoms with Gasteiger partial charge >= 0.3 is 0 Å². The molecule has 0 bridgehead atoms. The first-order valence-electron chi connectivity index (χ1n) is 6.26. The minimum atomic E-state index is -3.48. The number of pyridine rings is 1. The zero-order chi connectivity index (χ0) is 14.2. The van der Waals surface area contributed by atoms with Crippen molar-refractivity contribution in [3.8, 4) is 0 Å². The normalized spacial score (nSPS) is 20.4. The second kappa shape index (κ2) is 5.44. The molecule has 0 radical (unpaired) electrons. The zero-order valence-corrected chi connectivity index (χ0v) is 13.0. The first-order valence-corrected chi connectivity index (χ1v) is 8.89. The lowest BCUT2D eigenvalue weighted by molar-refractivity contribution is 0.397. The molecule has 1 saturated heterocycles. The number of thiophene rings is 1. The molecule has 2 aromatic rings. The molecule has 1 unspecified atom stereocenters. The fourth-order valence-electron chi connectivity index (χ4n) is 2.49. The lowest BCUT2D eigenvalue weighted by Crippen LogP contribution is -2.30. The Bertz CT molecular complexity index is 700. The zero-order valence-electron chi connectivity index (χ0n) is 10.6. The third kappa shape index (κ3) is 2.48. The number of halogens is 1. The van der Waals surface area contributed by atoms with E-state index in [1.807, 2.05) is 12.1 Å². The molecule has 7 heteroatoms. The van der Waals surface area contributed by atoms with Gasteiger partial charge in [0.25, 0.3) is 10.0 Å². The second-order valence-electron chi connectivity index (χ2n) is 4.62. The summed E-state index contributed by atoms with van der Waals surface area (Å²) in [6.45, 7) is 0.539. The number of hydrogen-bond donors (Lipinski definition) is 0. The second-order valence-corrected chi connectivity index (χ2v) is 8.45. The van der Waals surface area contributed by atoms with E-state index < -0.39 is 10.0 Å². The van der Waals surface area contributed by atoms with Crippen molar-refractivity contribution in [1.29, 1.82) is 0 Å². The molecule has 3 heterocycles. The van der Waals surface area contributed by atoms with Crippen LogP contribution in [0.5, 0.6) is 0 Å². The number of sulfonamides is 1. The van der Waals surface area contributed by atoms with Crippen LogP contribution in [0.2, 0.25) is 4.34 Å². The summed E-state index contributed by atoms with van der Waals surface area (Å²) in [6, 6.07) is 6.82. The van der Waals surface area contributed by atoms with Crippen LogP contribution < -0.4 is 0 Å². The van der Waals surface area contributed by atoms with Gasteiger partial charge in [-0.3, -0.25) is 4.98 Å². The topological polar surface area (TPSA) is 50.3 Å². The van der Waals surface area contributed by atoms with Crippen LogP contribution in [-0.4, -0.2) is 24.3 Å². The van der Waals surface area contributed by atoms with Crippen molar-refractivity contribution in [3.05, 3.63) is 46.6 Å². The molecule has 0 aromatic carbocycles. The van der Waals surface area contributed by atoms with Gasteiger partial charge in [-0.1, -0.05) is 17.7 Å². The minimum Gasteiger partial charge on any atom is -0.264 e. The summed E-state index contributed by atoms with van der Waals surface area (Å²) in [7, 11) is -3.48. The van der Waals surface area contributed by atoms with Crippen LogP contribution >= 0.6 is 22.9 Å². The Kier molecular flexibility index (Phi) is 3.81. The smallest absolute Gasteiger partial charge is 0.253 e. The van der Waals surface area contributed by atoms with E-state index in [0.29, 0.717) is 15.1 Å². The molecule has 2 aromatic heterocycles. The SMILES string of the molecule is O=S(=O)(c1ccc(Cl)s1)N1CCCC1c1cccnc1. The van der Waals surface area contributed by atoms with Crippen LogP contribution in [0.1, 0.15) is 24.4 Å². The Morgan fingerprint density at radius 1 is 1.35 bits per heavy atom. The van der Waals surface area contributed by atoms with E-state index in [9.17, 15) is 8.42 Å². The monoisotopic (exact) mass is 328 g/mol. The van der Waals surface area contributed by atoms with Crippen LogP contribution in [0.15, 0.2) is 40.9 Å². The van der Waals surface area contributed by atoms with Crippen molar-refractivity contribution in [2.75, 3.05) is 6.54 Å². The number of aromatic nitrogens is 1. The molecule has 3 rings (SSSR count). The van der Waals surface area contributed by atoms with E-state index in [2.05, 4.69) is 4.98 Å². The van der Waals surface area contributed by atoms with Crippen molar-refractivity contribution in [2.45, 2.75) is 23.1 Å². The van der Waals surface area contributed by atoms with Gasteiger partial charge in [0.2, 0.25) is 0 Å². The van der Waals surface area contributed by atoms with Gasteiger partial charge in [-0.05, 0) is 36.6 Å². The number of hydrogen-bond acceptors (Lipinski definition) is 4. The maximum atomic E-state index is 12.7. The molecule has 1 atom stereocenters. The predicted octanol–water partition coefficient (Wildman–Crippen LogP) is 3.32. The standard InChI is InChI=1S/C13H13ClN2O2S2/c14-12-5-6-13(19-12)20(17,18)16-8-2-4-11(16)10-3-1-7-15-9-10/h1,3,5-7,9,11H,2,4,8H2. The summed E-state index contributed by atoms with van der Waals surface area (Å²) in [5.74, 6) is 0. The highest BCUT2D eigenvalue weighted by molar-refractivity contribution is 7.91. The van der Waals surface area contributed by atoms with Gasteiger partial charge in [-0.25, -0.2) is 8.42 Å². The van der Waals surface area contributed by atoms with Gasteiger partial charge in [0.05, 0.1) is 10.4 Å². The molecular weight excluding hydrogens is 316 g/mol. The highest BCUT2D eigenvalue weighted by atomic mass is 35.5. The summed E-state index contributed by atoms with van der Waals surface area (Å²) in [6.07, 6.45) is 5.11. The summed E-state index contributed by atoms with van der Waals surface area (Å²) in [5, 5.41) is 0. The van der Waals surface area contributed by atoms with E-state index in [1.165, 1.54) is 0 Å². The molecular formula is C13H13ClN2O2S2. The van der Waals surface area contributed by atoms with Gasteiger partial charge < -0.3 is 0 Å². The molecule has 1 aliphatic rings. The lowest BCUT2D eigenvalue weighted by atomic mass is 10.1. The lowest BCUT2D eigenvalue weighted by Gasteiger charge is -2.23. The van der Waals surface area contributed by atoms with Crippen LogP contribution in [0, 0.1) is 0 Å². The van der Waals surface area contributed by atoms with Crippen molar-refractivity contribution in [2.24, 2.45) is 0 Å². The predicted molar refractivity (Wildman–Crippen MR) is 79.4 cm³/mol. The van der Waals surface area contributed by atoms with Crippen molar-refractivity contribution in [3.63, 3.8) is 0 Å². The van der Waals surface area contributed by atoms with Gasteiger partial charge in [0.15, 0.2) is 0 Å². The molecule has 1 aliphatic heterocycles. The fourth-order valence-corrected chi connectivity index (χ4v) is 5.78. The molecule has 4 nitrogen and oxygen atoms in total. The summed E-state index contributed by atoms with van der Waals surface area (Å²) < 4.78 is 27.7. The molecule has 0 saturated carbocycles. The van der Waals surface area contributed by atoms with Gasteiger partial charge in [0.1, 0.15) is 4.21 Å². The summed E-state index contributed by atoms with van der Waals surface area (Å²) in [4.78, 5) is 4.08. The van der Waals surface area contributed by atoms with Crippen LogP contribution in [-0.2, 0) is 10.0 Å². The molecule has 0 spiro atoms. The van der Waals surface area contributed by atoms with Crippen molar-refractivity contribution in [1.82, 2.24) is 9.29 Å². The van der Waals surface area contributed by atoms with Gasteiger partial charge in [0, 0.05) is 18.9 Å². The third-order valence-corrected chi connectivity index (χ3v) is 6.99. The Balaban J connectivity index is 1.97. The average molecular weight is 329 g/mol. The molecule has 1 fully saturated rings. The Morgan fingerprint density at radius 2 is 2.20 bits per heavy atom. The minimum absolute atomic E-state index is 0.130. The molecule has 0 aliphatic carbocycles. The van der Waals surface area contributed by atoms with Crippen LogP contribution in [0.25, 0.3) is 0 Å². The molecule has 0 amide bonds. The van der Waals surface area contributed by atoms with Crippen LogP contribution in [0.3, 0.4) is 0 Å². The fraction of sp³-hybridized carbons (Fsp3) is 0.308. The van der Waals surface area contributed by atoms with Gasteiger partial charge in [-0.2, -0.15) is 4.31 Å². The Hall–Kier alpha value is -0.950. The number of rotatable bonds is 3. The van der Waals surface area contributed by atoms with Crippen molar-refractivity contribution >= 4 is 33.0 Å². The maximum Gasteiger partial charge on any atom is 0.253 e. The Labute approximate surface area is 127 Å². The molecule has 20 heavy (non-hydrogen) atoms. The first-order chi connectivity index (χ1) is 9.59. The van der Waals surface area contributed by atoms with E-state index in [0.717, 1.165) is 29.7 Å². The third-order valence-electron chi connectivity index (χ3n) is 3.38. The van der Waals surface area contributed by atoms with Crippen molar-refractivity contribution < 1.29 is 8.42 Å². The highest BCUT2D eigenvalue weighted by Crippen LogP contribution is 2.38. The quantitative estimate of drug-likeness (QED) is 0.868. The molecule has 106 valence electrons. The largest absolute Gasteiger partial charge is 0.264 e. The van der Waals surface area contributed by atoms with Gasteiger partial charge in [-0.15, -0.1) is 11.3 Å². The Morgan fingerprint density at radius 3 is 2.85 bits per heavy atom. The summed E-state index contributed by atoms with van der Waals surface area (Å²) >= 11 is 6.95.